The molecule has 3 rings (SSSR count). The summed E-state index contributed by atoms with van der Waals surface area (Å²) in [7, 11) is 0. The fourth-order valence-electron chi connectivity index (χ4n) is 2.17. The number of aryl methyl sites for hydroxylation is 1. The molecule has 104 valence electrons. The SMILES string of the molecule is Cc1ccc(-c2cc(Cc3ccncc3)c(=O)[nH]n2)cc1. The van der Waals surface area contributed by atoms with E-state index in [1.807, 2.05) is 49.4 Å². The average Bonchev–Trinajstić information content (AvgIpc) is 2.51. The van der Waals surface area contributed by atoms with Gasteiger partial charge in [-0.15, -0.1) is 0 Å². The molecule has 0 fully saturated rings. The Labute approximate surface area is 122 Å². The van der Waals surface area contributed by atoms with Crippen molar-refractivity contribution in [1.29, 1.82) is 0 Å². The molecule has 0 aliphatic carbocycles. The lowest BCUT2D eigenvalue weighted by Crippen LogP contribution is -2.15. The molecule has 0 unspecified atom stereocenters. The predicted molar refractivity (Wildman–Crippen MR) is 82.1 cm³/mol. The van der Waals surface area contributed by atoms with Crippen LogP contribution in [0.4, 0.5) is 0 Å². The Hall–Kier alpha value is -2.75. The Bertz CT molecular complexity index is 792. The molecule has 0 saturated heterocycles. The summed E-state index contributed by atoms with van der Waals surface area (Å²) in [6.45, 7) is 2.04. The molecule has 0 saturated carbocycles. The van der Waals surface area contributed by atoms with E-state index in [9.17, 15) is 4.79 Å². The molecular formula is C17H15N3O. The van der Waals surface area contributed by atoms with Crippen LogP contribution in [-0.4, -0.2) is 15.2 Å². The molecule has 2 aromatic heterocycles. The lowest BCUT2D eigenvalue weighted by atomic mass is 10.0. The maximum atomic E-state index is 11.9. The van der Waals surface area contributed by atoms with E-state index >= 15 is 0 Å². The number of aromatic nitrogens is 3. The highest BCUT2D eigenvalue weighted by molar-refractivity contribution is 5.59. The topological polar surface area (TPSA) is 58.6 Å². The van der Waals surface area contributed by atoms with E-state index in [1.54, 1.807) is 12.4 Å². The molecule has 0 spiro atoms. The van der Waals surface area contributed by atoms with Crippen LogP contribution in [0.25, 0.3) is 11.3 Å². The van der Waals surface area contributed by atoms with Gasteiger partial charge in [0, 0.05) is 29.9 Å². The molecule has 0 amide bonds. The molecule has 4 heteroatoms. The third-order valence-electron chi connectivity index (χ3n) is 3.37. The second kappa shape index (κ2) is 5.71. The number of nitrogens with one attached hydrogen (secondary N) is 1. The van der Waals surface area contributed by atoms with Crippen molar-refractivity contribution in [2.45, 2.75) is 13.3 Å². The summed E-state index contributed by atoms with van der Waals surface area (Å²) in [6, 6.07) is 13.7. The zero-order chi connectivity index (χ0) is 14.7. The van der Waals surface area contributed by atoms with Crippen LogP contribution < -0.4 is 5.56 Å². The quantitative estimate of drug-likeness (QED) is 0.800. The van der Waals surface area contributed by atoms with Gasteiger partial charge in [0.1, 0.15) is 0 Å². The number of pyridine rings is 1. The Kier molecular flexibility index (Phi) is 3.60. The molecule has 3 aromatic rings. The summed E-state index contributed by atoms with van der Waals surface area (Å²) in [5.41, 5.74) is 4.57. The van der Waals surface area contributed by atoms with Crippen molar-refractivity contribution in [3.05, 3.63) is 81.9 Å². The number of benzene rings is 1. The van der Waals surface area contributed by atoms with Gasteiger partial charge in [-0.25, -0.2) is 5.10 Å². The largest absolute Gasteiger partial charge is 0.268 e. The van der Waals surface area contributed by atoms with Crippen molar-refractivity contribution >= 4 is 0 Å². The predicted octanol–water partition coefficient (Wildman–Crippen LogP) is 2.73. The van der Waals surface area contributed by atoms with Crippen molar-refractivity contribution in [1.82, 2.24) is 15.2 Å². The van der Waals surface area contributed by atoms with Crippen LogP contribution in [0.1, 0.15) is 16.7 Å². The summed E-state index contributed by atoms with van der Waals surface area (Å²) in [5.74, 6) is 0. The molecule has 2 heterocycles. The number of H-pyrrole nitrogens is 1. The summed E-state index contributed by atoms with van der Waals surface area (Å²) in [4.78, 5) is 15.9. The first-order valence-electron chi connectivity index (χ1n) is 6.77. The van der Waals surface area contributed by atoms with Crippen molar-refractivity contribution in [2.75, 3.05) is 0 Å². The number of nitrogens with zero attached hydrogens (tertiary/aromatic N) is 2. The van der Waals surface area contributed by atoms with Gasteiger partial charge >= 0.3 is 0 Å². The average molecular weight is 277 g/mol. The van der Waals surface area contributed by atoms with Crippen LogP contribution in [0, 0.1) is 6.92 Å². The zero-order valence-electron chi connectivity index (χ0n) is 11.7. The van der Waals surface area contributed by atoms with E-state index in [2.05, 4.69) is 15.2 Å². The summed E-state index contributed by atoms with van der Waals surface area (Å²) < 4.78 is 0. The molecule has 0 bridgehead atoms. The number of hydrogen-bond donors (Lipinski definition) is 1. The Balaban J connectivity index is 1.96. The van der Waals surface area contributed by atoms with E-state index < -0.39 is 0 Å². The van der Waals surface area contributed by atoms with E-state index in [4.69, 9.17) is 0 Å². The fourth-order valence-corrected chi connectivity index (χ4v) is 2.17. The van der Waals surface area contributed by atoms with E-state index in [0.717, 1.165) is 16.8 Å². The van der Waals surface area contributed by atoms with Crippen molar-refractivity contribution in [2.24, 2.45) is 0 Å². The second-order valence-corrected chi connectivity index (χ2v) is 5.01. The fraction of sp³-hybridized carbons (Fsp3) is 0.118. The van der Waals surface area contributed by atoms with E-state index in [1.165, 1.54) is 5.56 Å². The Morgan fingerprint density at radius 3 is 2.48 bits per heavy atom. The second-order valence-electron chi connectivity index (χ2n) is 5.01. The van der Waals surface area contributed by atoms with Gasteiger partial charge in [-0.3, -0.25) is 9.78 Å². The number of rotatable bonds is 3. The highest BCUT2D eigenvalue weighted by Gasteiger charge is 2.06. The minimum absolute atomic E-state index is 0.150. The third kappa shape index (κ3) is 3.05. The van der Waals surface area contributed by atoms with Crippen molar-refractivity contribution < 1.29 is 0 Å². The van der Waals surface area contributed by atoms with E-state index in [0.29, 0.717) is 12.0 Å². The van der Waals surface area contributed by atoms with Crippen LogP contribution in [0.3, 0.4) is 0 Å². The molecule has 4 nitrogen and oxygen atoms in total. The highest BCUT2D eigenvalue weighted by atomic mass is 16.1. The molecule has 0 aliphatic rings. The molecule has 1 N–H and O–H groups in total. The monoisotopic (exact) mass is 277 g/mol. The summed E-state index contributed by atoms with van der Waals surface area (Å²) in [5, 5.41) is 6.71. The lowest BCUT2D eigenvalue weighted by Gasteiger charge is -2.04. The van der Waals surface area contributed by atoms with Crippen molar-refractivity contribution in [3.8, 4) is 11.3 Å². The minimum atomic E-state index is -0.150. The van der Waals surface area contributed by atoms with Gasteiger partial charge in [0.05, 0.1) is 5.69 Å². The van der Waals surface area contributed by atoms with Gasteiger partial charge in [0.25, 0.3) is 5.56 Å². The Morgan fingerprint density at radius 1 is 1.05 bits per heavy atom. The van der Waals surface area contributed by atoms with Crippen LogP contribution in [0.15, 0.2) is 59.7 Å². The number of aromatic amines is 1. The van der Waals surface area contributed by atoms with Gasteiger partial charge in [0.15, 0.2) is 0 Å². The first-order valence-corrected chi connectivity index (χ1v) is 6.77. The summed E-state index contributed by atoms with van der Waals surface area (Å²) >= 11 is 0. The molecule has 0 aliphatic heterocycles. The highest BCUT2D eigenvalue weighted by Crippen LogP contribution is 2.17. The lowest BCUT2D eigenvalue weighted by molar-refractivity contribution is 0.954. The normalized spacial score (nSPS) is 10.5. The van der Waals surface area contributed by atoms with Gasteiger partial charge in [-0.2, -0.15) is 5.10 Å². The van der Waals surface area contributed by atoms with Crippen LogP contribution in [0.2, 0.25) is 0 Å². The van der Waals surface area contributed by atoms with Crippen LogP contribution in [-0.2, 0) is 6.42 Å². The number of hydrogen-bond acceptors (Lipinski definition) is 3. The third-order valence-corrected chi connectivity index (χ3v) is 3.37. The molecule has 21 heavy (non-hydrogen) atoms. The van der Waals surface area contributed by atoms with Gasteiger partial charge in [-0.1, -0.05) is 29.8 Å². The van der Waals surface area contributed by atoms with Crippen LogP contribution in [0.5, 0.6) is 0 Å². The molecule has 1 aromatic carbocycles. The van der Waals surface area contributed by atoms with Gasteiger partial charge < -0.3 is 0 Å². The standard InChI is InChI=1S/C17H15N3O/c1-12-2-4-14(5-3-12)16-11-15(17(21)20-19-16)10-13-6-8-18-9-7-13/h2-9,11H,10H2,1H3,(H,20,21). The Morgan fingerprint density at radius 2 is 1.76 bits per heavy atom. The maximum absolute atomic E-state index is 11.9. The van der Waals surface area contributed by atoms with Crippen LogP contribution >= 0.6 is 0 Å². The molecule has 0 radical (unpaired) electrons. The first kappa shape index (κ1) is 13.2. The zero-order valence-corrected chi connectivity index (χ0v) is 11.7. The molecule has 0 atom stereocenters. The van der Waals surface area contributed by atoms with E-state index in [-0.39, 0.29) is 5.56 Å². The molecular weight excluding hydrogens is 262 g/mol. The smallest absolute Gasteiger partial charge is 0.267 e. The first-order chi connectivity index (χ1) is 10.2. The maximum Gasteiger partial charge on any atom is 0.267 e. The van der Waals surface area contributed by atoms with Crippen molar-refractivity contribution in [3.63, 3.8) is 0 Å². The summed E-state index contributed by atoms with van der Waals surface area (Å²) in [6.07, 6.45) is 4.02. The van der Waals surface area contributed by atoms with Gasteiger partial charge in [-0.05, 0) is 30.7 Å². The minimum Gasteiger partial charge on any atom is -0.268 e. The van der Waals surface area contributed by atoms with Gasteiger partial charge in [0.2, 0.25) is 0 Å².